The van der Waals surface area contributed by atoms with Crippen LogP contribution in [0.4, 0.5) is 0 Å². The Balaban J connectivity index is 1.73. The number of hydrogen-bond acceptors (Lipinski definition) is 3. The molecule has 0 aliphatic carbocycles. The minimum atomic E-state index is 0.540. The number of hydrogen-bond donors (Lipinski definition) is 0. The van der Waals surface area contributed by atoms with E-state index in [1.807, 2.05) is 12.1 Å². The molecule has 1 saturated heterocycles. The summed E-state index contributed by atoms with van der Waals surface area (Å²) in [5.41, 5.74) is 1.19. The van der Waals surface area contributed by atoms with E-state index in [1.165, 1.54) is 32.4 Å². The number of likely N-dealkylation sites (tertiary alicyclic amines) is 1. The van der Waals surface area contributed by atoms with Crippen molar-refractivity contribution in [3.8, 4) is 11.8 Å². The molecule has 0 N–H and O–H groups in total. The number of nitriles is 1. The van der Waals surface area contributed by atoms with Crippen LogP contribution in [0.2, 0.25) is 0 Å². The average molecular weight is 272 g/mol. The number of benzene rings is 1. The smallest absolute Gasteiger partial charge is 0.120 e. The molecule has 20 heavy (non-hydrogen) atoms. The van der Waals surface area contributed by atoms with Gasteiger partial charge in [-0.25, -0.2) is 0 Å². The topological polar surface area (TPSA) is 36.3 Å². The van der Waals surface area contributed by atoms with Crippen LogP contribution in [0.15, 0.2) is 24.3 Å². The van der Waals surface area contributed by atoms with Crippen molar-refractivity contribution in [3.05, 3.63) is 29.8 Å². The molecule has 0 bridgehead atoms. The lowest BCUT2D eigenvalue weighted by atomic mass is 9.78. The third-order valence-electron chi connectivity index (χ3n) is 4.56. The molecular weight excluding hydrogens is 248 g/mol. The standard InChI is InChI=1S/C17H24N2O/c1-3-17(2)7-9-19(10-8-17)11-12-20-16-6-4-5-15(13-16)14-18/h4-6,13H,3,7-12H2,1-2H3. The summed E-state index contributed by atoms with van der Waals surface area (Å²) in [7, 11) is 0. The quantitative estimate of drug-likeness (QED) is 0.823. The van der Waals surface area contributed by atoms with Crippen molar-refractivity contribution in [1.29, 1.82) is 5.26 Å². The van der Waals surface area contributed by atoms with E-state index in [4.69, 9.17) is 10.00 Å². The summed E-state index contributed by atoms with van der Waals surface area (Å²) in [5, 5.41) is 8.85. The van der Waals surface area contributed by atoms with Gasteiger partial charge in [-0.05, 0) is 49.5 Å². The summed E-state index contributed by atoms with van der Waals surface area (Å²) in [6.07, 6.45) is 3.85. The Morgan fingerprint density at radius 1 is 1.35 bits per heavy atom. The highest BCUT2D eigenvalue weighted by Crippen LogP contribution is 2.33. The van der Waals surface area contributed by atoms with Gasteiger partial charge in [0.05, 0.1) is 11.6 Å². The van der Waals surface area contributed by atoms with Crippen molar-refractivity contribution in [2.75, 3.05) is 26.2 Å². The molecule has 0 saturated carbocycles. The van der Waals surface area contributed by atoms with E-state index in [0.717, 1.165) is 12.3 Å². The Hall–Kier alpha value is -1.53. The first-order chi connectivity index (χ1) is 9.65. The summed E-state index contributed by atoms with van der Waals surface area (Å²) in [6, 6.07) is 9.49. The first-order valence-electron chi connectivity index (χ1n) is 7.50. The third kappa shape index (κ3) is 3.98. The Bertz CT molecular complexity index is 470. The molecule has 0 unspecified atom stereocenters. The van der Waals surface area contributed by atoms with Crippen molar-refractivity contribution < 1.29 is 4.74 Å². The van der Waals surface area contributed by atoms with E-state index in [2.05, 4.69) is 24.8 Å². The van der Waals surface area contributed by atoms with Crippen LogP contribution in [-0.4, -0.2) is 31.1 Å². The van der Waals surface area contributed by atoms with Crippen LogP contribution in [-0.2, 0) is 0 Å². The van der Waals surface area contributed by atoms with Crippen molar-refractivity contribution in [3.63, 3.8) is 0 Å². The van der Waals surface area contributed by atoms with E-state index in [9.17, 15) is 0 Å². The van der Waals surface area contributed by atoms with Crippen LogP contribution in [0.25, 0.3) is 0 Å². The molecule has 0 aromatic heterocycles. The maximum absolute atomic E-state index is 8.85. The van der Waals surface area contributed by atoms with E-state index in [1.54, 1.807) is 12.1 Å². The lowest BCUT2D eigenvalue weighted by Crippen LogP contribution is -2.40. The van der Waals surface area contributed by atoms with E-state index >= 15 is 0 Å². The number of rotatable bonds is 5. The minimum Gasteiger partial charge on any atom is -0.492 e. The maximum Gasteiger partial charge on any atom is 0.120 e. The van der Waals surface area contributed by atoms with Crippen LogP contribution in [0.5, 0.6) is 5.75 Å². The van der Waals surface area contributed by atoms with Gasteiger partial charge < -0.3 is 4.74 Å². The summed E-state index contributed by atoms with van der Waals surface area (Å²) < 4.78 is 5.74. The van der Waals surface area contributed by atoms with Crippen LogP contribution in [0.3, 0.4) is 0 Å². The molecule has 2 rings (SSSR count). The molecule has 1 aromatic carbocycles. The Morgan fingerprint density at radius 3 is 2.75 bits per heavy atom. The molecule has 0 radical (unpaired) electrons. The van der Waals surface area contributed by atoms with E-state index in [-0.39, 0.29) is 0 Å². The molecule has 0 amide bonds. The summed E-state index contributed by atoms with van der Waals surface area (Å²) >= 11 is 0. The first-order valence-corrected chi connectivity index (χ1v) is 7.50. The van der Waals surface area contributed by atoms with Gasteiger partial charge in [0.15, 0.2) is 0 Å². The second kappa shape index (κ2) is 6.76. The molecule has 3 heteroatoms. The highest BCUT2D eigenvalue weighted by atomic mass is 16.5. The fourth-order valence-electron chi connectivity index (χ4n) is 2.62. The van der Waals surface area contributed by atoms with Gasteiger partial charge in [0, 0.05) is 6.54 Å². The zero-order valence-corrected chi connectivity index (χ0v) is 12.6. The van der Waals surface area contributed by atoms with Crippen molar-refractivity contribution in [2.24, 2.45) is 5.41 Å². The predicted molar refractivity (Wildman–Crippen MR) is 80.7 cm³/mol. The number of piperidine rings is 1. The van der Waals surface area contributed by atoms with Crippen LogP contribution >= 0.6 is 0 Å². The van der Waals surface area contributed by atoms with Gasteiger partial charge >= 0.3 is 0 Å². The Morgan fingerprint density at radius 2 is 2.10 bits per heavy atom. The maximum atomic E-state index is 8.85. The third-order valence-corrected chi connectivity index (χ3v) is 4.56. The zero-order chi connectivity index (χ0) is 14.4. The fourth-order valence-corrected chi connectivity index (χ4v) is 2.62. The largest absolute Gasteiger partial charge is 0.492 e. The minimum absolute atomic E-state index is 0.540. The SMILES string of the molecule is CCC1(C)CCN(CCOc2cccc(C#N)c2)CC1. The number of nitrogens with zero attached hydrogens (tertiary/aromatic N) is 2. The van der Waals surface area contributed by atoms with Gasteiger partial charge in [0.25, 0.3) is 0 Å². The molecular formula is C17H24N2O. The van der Waals surface area contributed by atoms with Crippen molar-refractivity contribution in [2.45, 2.75) is 33.1 Å². The van der Waals surface area contributed by atoms with Crippen LogP contribution < -0.4 is 4.74 Å². The molecule has 1 aliphatic rings. The van der Waals surface area contributed by atoms with E-state index in [0.29, 0.717) is 17.6 Å². The summed E-state index contributed by atoms with van der Waals surface area (Å²) in [4.78, 5) is 2.48. The van der Waals surface area contributed by atoms with E-state index < -0.39 is 0 Å². The van der Waals surface area contributed by atoms with Gasteiger partial charge in [-0.3, -0.25) is 4.90 Å². The van der Waals surface area contributed by atoms with Crippen LogP contribution in [0.1, 0.15) is 38.7 Å². The second-order valence-corrected chi connectivity index (χ2v) is 5.99. The number of ether oxygens (including phenoxy) is 1. The van der Waals surface area contributed by atoms with Gasteiger partial charge in [0.1, 0.15) is 12.4 Å². The zero-order valence-electron chi connectivity index (χ0n) is 12.6. The molecule has 1 fully saturated rings. The summed E-state index contributed by atoms with van der Waals surface area (Å²) in [6.45, 7) is 8.70. The highest BCUT2D eigenvalue weighted by molar-refractivity contribution is 5.36. The molecule has 1 aromatic rings. The van der Waals surface area contributed by atoms with Crippen LogP contribution in [0, 0.1) is 16.7 Å². The molecule has 108 valence electrons. The molecule has 1 aliphatic heterocycles. The Kier molecular flexibility index (Phi) is 5.03. The van der Waals surface area contributed by atoms with Crippen molar-refractivity contribution in [1.82, 2.24) is 4.90 Å². The fraction of sp³-hybridized carbons (Fsp3) is 0.588. The second-order valence-electron chi connectivity index (χ2n) is 5.99. The monoisotopic (exact) mass is 272 g/mol. The molecule has 0 atom stereocenters. The molecule has 3 nitrogen and oxygen atoms in total. The van der Waals surface area contributed by atoms with Gasteiger partial charge in [0.2, 0.25) is 0 Å². The normalized spacial score (nSPS) is 18.4. The first kappa shape index (κ1) is 14.9. The molecule has 0 spiro atoms. The Labute approximate surface area is 122 Å². The lowest BCUT2D eigenvalue weighted by Gasteiger charge is -2.38. The van der Waals surface area contributed by atoms with Gasteiger partial charge in [-0.15, -0.1) is 0 Å². The molecule has 1 heterocycles. The highest BCUT2D eigenvalue weighted by Gasteiger charge is 2.27. The summed E-state index contributed by atoms with van der Waals surface area (Å²) in [5.74, 6) is 0.791. The van der Waals surface area contributed by atoms with Gasteiger partial charge in [-0.2, -0.15) is 5.26 Å². The van der Waals surface area contributed by atoms with Crippen molar-refractivity contribution >= 4 is 0 Å². The van der Waals surface area contributed by atoms with Gasteiger partial charge in [-0.1, -0.05) is 26.3 Å². The average Bonchev–Trinajstić information content (AvgIpc) is 2.50. The predicted octanol–water partition coefficient (Wildman–Crippen LogP) is 3.45. The lowest BCUT2D eigenvalue weighted by molar-refractivity contribution is 0.101.